The van der Waals surface area contributed by atoms with Gasteiger partial charge < -0.3 is 4.74 Å². The van der Waals surface area contributed by atoms with Gasteiger partial charge in [-0.3, -0.25) is 0 Å². The SMILES string of the molecule is C=CCOc1c(C)cc(C)cc1[Si](CC)(CC)C1C2=CC=CCC2CC1CCCC. The molecule has 3 atom stereocenters. The molecule has 3 unspecified atom stereocenters. The molecule has 1 nitrogen and oxygen atoms in total. The molecule has 2 aliphatic carbocycles. The van der Waals surface area contributed by atoms with Gasteiger partial charge in [-0.2, -0.15) is 0 Å². The monoisotopic (exact) mass is 422 g/mol. The number of fused-ring (bicyclic) bond motifs is 1. The molecule has 3 rings (SSSR count). The average molecular weight is 423 g/mol. The van der Waals surface area contributed by atoms with Gasteiger partial charge in [-0.25, -0.2) is 0 Å². The Labute approximate surface area is 186 Å². The van der Waals surface area contributed by atoms with Crippen LogP contribution in [-0.4, -0.2) is 14.7 Å². The van der Waals surface area contributed by atoms with E-state index in [-0.39, 0.29) is 0 Å². The van der Waals surface area contributed by atoms with E-state index in [0.717, 1.165) is 17.4 Å². The molecule has 1 aromatic carbocycles. The van der Waals surface area contributed by atoms with Gasteiger partial charge in [-0.15, -0.1) is 0 Å². The first kappa shape index (κ1) is 23.1. The zero-order chi connectivity index (χ0) is 21.7. The molecule has 0 saturated heterocycles. The van der Waals surface area contributed by atoms with E-state index < -0.39 is 8.07 Å². The molecule has 0 bridgehead atoms. The van der Waals surface area contributed by atoms with Crippen molar-refractivity contribution < 1.29 is 4.74 Å². The van der Waals surface area contributed by atoms with E-state index in [0.29, 0.717) is 6.61 Å². The van der Waals surface area contributed by atoms with Crippen LogP contribution in [0.25, 0.3) is 0 Å². The summed E-state index contributed by atoms with van der Waals surface area (Å²) in [6.07, 6.45) is 15.8. The summed E-state index contributed by atoms with van der Waals surface area (Å²) in [4.78, 5) is 0. The summed E-state index contributed by atoms with van der Waals surface area (Å²) in [6, 6.07) is 7.37. The normalized spacial score (nSPS) is 23.2. The van der Waals surface area contributed by atoms with E-state index in [9.17, 15) is 0 Å². The molecular formula is C28H42OSi. The molecule has 0 radical (unpaired) electrons. The third-order valence-corrected chi connectivity index (χ3v) is 13.8. The van der Waals surface area contributed by atoms with Crippen LogP contribution in [0, 0.1) is 25.7 Å². The second kappa shape index (κ2) is 10.2. The lowest BCUT2D eigenvalue weighted by Gasteiger charge is -2.42. The highest BCUT2D eigenvalue weighted by Gasteiger charge is 2.52. The molecule has 1 aromatic rings. The number of aryl methyl sites for hydroxylation is 2. The number of rotatable bonds is 10. The maximum Gasteiger partial charge on any atom is 0.121 e. The van der Waals surface area contributed by atoms with Crippen LogP contribution in [0.5, 0.6) is 5.75 Å². The minimum atomic E-state index is -1.83. The minimum absolute atomic E-state index is 0.590. The van der Waals surface area contributed by atoms with Crippen molar-refractivity contribution in [1.82, 2.24) is 0 Å². The van der Waals surface area contributed by atoms with E-state index in [1.54, 1.807) is 10.8 Å². The van der Waals surface area contributed by atoms with E-state index in [2.05, 4.69) is 71.6 Å². The van der Waals surface area contributed by atoms with Crippen LogP contribution in [0.1, 0.15) is 64.0 Å². The molecule has 0 aromatic heterocycles. The number of hydrogen-bond donors (Lipinski definition) is 0. The van der Waals surface area contributed by atoms with Gasteiger partial charge in [-0.1, -0.05) is 106 Å². The predicted molar refractivity (Wildman–Crippen MR) is 135 cm³/mol. The largest absolute Gasteiger partial charge is 0.489 e. The van der Waals surface area contributed by atoms with Crippen LogP contribution in [0.3, 0.4) is 0 Å². The third-order valence-electron chi connectivity index (χ3n) is 7.82. The van der Waals surface area contributed by atoms with Crippen molar-refractivity contribution in [3.8, 4) is 5.75 Å². The molecule has 0 aliphatic heterocycles. The highest BCUT2D eigenvalue weighted by molar-refractivity contribution is 6.94. The number of hydrogen-bond acceptors (Lipinski definition) is 1. The van der Waals surface area contributed by atoms with Crippen molar-refractivity contribution in [3.05, 3.63) is 59.7 Å². The Morgan fingerprint density at radius 1 is 1.17 bits per heavy atom. The second-order valence-corrected chi connectivity index (χ2v) is 14.5. The quantitative estimate of drug-likeness (QED) is 0.278. The number of ether oxygens (including phenoxy) is 1. The van der Waals surface area contributed by atoms with Gasteiger partial charge in [0.2, 0.25) is 0 Å². The fourth-order valence-electron chi connectivity index (χ4n) is 6.48. The van der Waals surface area contributed by atoms with Gasteiger partial charge in [-0.05, 0) is 54.8 Å². The molecular weight excluding hydrogens is 380 g/mol. The van der Waals surface area contributed by atoms with Crippen molar-refractivity contribution in [1.29, 1.82) is 0 Å². The lowest BCUT2D eigenvalue weighted by atomic mass is 9.94. The number of allylic oxidation sites excluding steroid dienone is 4. The smallest absolute Gasteiger partial charge is 0.121 e. The van der Waals surface area contributed by atoms with Crippen molar-refractivity contribution in [2.75, 3.05) is 6.61 Å². The first-order valence-corrected chi connectivity index (χ1v) is 14.7. The molecule has 164 valence electrons. The molecule has 2 heteroatoms. The Morgan fingerprint density at radius 3 is 2.60 bits per heavy atom. The molecule has 0 amide bonds. The van der Waals surface area contributed by atoms with Crippen molar-refractivity contribution in [3.63, 3.8) is 0 Å². The lowest BCUT2D eigenvalue weighted by Crippen LogP contribution is -2.53. The van der Waals surface area contributed by atoms with Crippen LogP contribution < -0.4 is 9.92 Å². The van der Waals surface area contributed by atoms with Crippen LogP contribution in [-0.2, 0) is 0 Å². The molecule has 30 heavy (non-hydrogen) atoms. The van der Waals surface area contributed by atoms with Crippen LogP contribution in [0.15, 0.2) is 48.6 Å². The summed E-state index contributed by atoms with van der Waals surface area (Å²) in [7, 11) is -1.83. The summed E-state index contributed by atoms with van der Waals surface area (Å²) in [5.74, 6) is 2.77. The summed E-state index contributed by atoms with van der Waals surface area (Å²) in [5, 5.41) is 1.58. The molecule has 2 aliphatic rings. The average Bonchev–Trinajstić information content (AvgIpc) is 3.12. The van der Waals surface area contributed by atoms with Crippen LogP contribution in [0.2, 0.25) is 17.6 Å². The van der Waals surface area contributed by atoms with E-state index >= 15 is 0 Å². The Morgan fingerprint density at radius 2 is 1.93 bits per heavy atom. The van der Waals surface area contributed by atoms with Crippen molar-refractivity contribution in [2.45, 2.75) is 84.4 Å². The zero-order valence-electron chi connectivity index (χ0n) is 20.0. The zero-order valence-corrected chi connectivity index (χ0v) is 21.0. The molecule has 1 fully saturated rings. The predicted octanol–water partition coefficient (Wildman–Crippen LogP) is 7.65. The highest BCUT2D eigenvalue weighted by atomic mass is 28.3. The minimum Gasteiger partial charge on any atom is -0.489 e. The Bertz CT molecular complexity index is 799. The van der Waals surface area contributed by atoms with Gasteiger partial charge in [0, 0.05) is 0 Å². The number of benzene rings is 1. The van der Waals surface area contributed by atoms with Gasteiger partial charge in [0.1, 0.15) is 12.4 Å². The fraction of sp³-hybridized carbons (Fsp3) is 0.571. The summed E-state index contributed by atoms with van der Waals surface area (Å²) in [5.41, 5.74) is 5.20. The Hall–Kier alpha value is -1.54. The van der Waals surface area contributed by atoms with Gasteiger partial charge in [0.15, 0.2) is 0 Å². The Kier molecular flexibility index (Phi) is 7.85. The standard InChI is InChI=1S/C28H42OSi/c1-7-11-14-24-20-23-15-12-13-16-25(23)28(24)30(9-3,10-4)26-19-21(5)18-22(6)27(26)29-17-8-2/h8,12-13,16,18-19,23-24,28H,2,7,9-11,14-15,17,20H2,1,3-6H3. The Balaban J connectivity index is 2.18. The maximum atomic E-state index is 6.38. The van der Waals surface area contributed by atoms with Gasteiger partial charge >= 0.3 is 0 Å². The molecule has 0 heterocycles. The summed E-state index contributed by atoms with van der Waals surface area (Å²) < 4.78 is 6.38. The van der Waals surface area contributed by atoms with Crippen LogP contribution >= 0.6 is 0 Å². The molecule has 0 spiro atoms. The van der Waals surface area contributed by atoms with Crippen molar-refractivity contribution >= 4 is 13.3 Å². The third kappa shape index (κ3) is 4.26. The maximum absolute atomic E-state index is 6.38. The topological polar surface area (TPSA) is 9.23 Å². The van der Waals surface area contributed by atoms with E-state index in [1.165, 1.54) is 61.1 Å². The summed E-state index contributed by atoms with van der Waals surface area (Å²) >= 11 is 0. The second-order valence-electron chi connectivity index (χ2n) is 9.56. The molecule has 1 saturated carbocycles. The van der Waals surface area contributed by atoms with Gasteiger partial charge in [0.05, 0.1) is 8.07 Å². The lowest BCUT2D eigenvalue weighted by molar-refractivity contribution is 0.363. The molecule has 0 N–H and O–H groups in total. The van der Waals surface area contributed by atoms with E-state index in [4.69, 9.17) is 4.74 Å². The first-order valence-electron chi connectivity index (χ1n) is 12.2. The van der Waals surface area contributed by atoms with E-state index in [1.807, 2.05) is 6.08 Å². The van der Waals surface area contributed by atoms with Gasteiger partial charge in [0.25, 0.3) is 0 Å². The fourth-order valence-corrected chi connectivity index (χ4v) is 12.4. The first-order chi connectivity index (χ1) is 14.5. The van der Waals surface area contributed by atoms with Crippen LogP contribution in [0.4, 0.5) is 0 Å². The van der Waals surface area contributed by atoms with Crippen molar-refractivity contribution in [2.24, 2.45) is 11.8 Å². The highest BCUT2D eigenvalue weighted by Crippen LogP contribution is 2.56. The number of unbranched alkanes of at least 4 members (excludes halogenated alkanes) is 1. The summed E-state index contributed by atoms with van der Waals surface area (Å²) in [6.45, 7) is 16.3.